The van der Waals surface area contributed by atoms with Crippen molar-refractivity contribution >= 4 is 23.2 Å². The number of amides is 2. The summed E-state index contributed by atoms with van der Waals surface area (Å²) in [6.07, 6.45) is 3.01. The first-order valence-electron chi connectivity index (χ1n) is 10.1. The molecule has 148 valence electrons. The van der Waals surface area contributed by atoms with Crippen LogP contribution < -0.4 is 9.80 Å². The number of benzene rings is 2. The van der Waals surface area contributed by atoms with Crippen LogP contribution in [0.25, 0.3) is 0 Å². The van der Waals surface area contributed by atoms with Crippen molar-refractivity contribution in [1.82, 2.24) is 4.98 Å². The maximum Gasteiger partial charge on any atom is 0.242 e. The number of anilines is 2. The number of carbonyl (C=O) groups excluding carboxylic acids is 2. The Hall–Kier alpha value is -3.51. The van der Waals surface area contributed by atoms with Crippen molar-refractivity contribution in [2.24, 2.45) is 11.8 Å². The van der Waals surface area contributed by atoms with Crippen LogP contribution in [0.3, 0.4) is 0 Å². The van der Waals surface area contributed by atoms with Crippen LogP contribution in [0.4, 0.5) is 11.4 Å². The molecule has 3 aliphatic rings. The molecule has 2 amide bonds. The van der Waals surface area contributed by atoms with Gasteiger partial charge in [0.1, 0.15) is 6.23 Å². The van der Waals surface area contributed by atoms with Gasteiger partial charge in [-0.2, -0.15) is 0 Å². The number of rotatable bonds is 2. The normalized spacial score (nSPS) is 27.1. The van der Waals surface area contributed by atoms with Gasteiger partial charge < -0.3 is 9.64 Å². The minimum atomic E-state index is -0.559. The van der Waals surface area contributed by atoms with Gasteiger partial charge in [-0.25, -0.2) is 4.90 Å². The van der Waals surface area contributed by atoms with E-state index in [1.807, 2.05) is 54.6 Å². The Labute approximate surface area is 173 Å². The number of para-hydroxylation sites is 2. The molecule has 2 saturated heterocycles. The van der Waals surface area contributed by atoms with Crippen molar-refractivity contribution in [3.8, 4) is 0 Å². The van der Waals surface area contributed by atoms with Gasteiger partial charge in [-0.1, -0.05) is 42.5 Å². The molecule has 0 radical (unpaired) electrons. The fraction of sp³-hybridized carbons (Fsp3) is 0.208. The molecule has 6 rings (SSSR count). The molecular weight excluding hydrogens is 378 g/mol. The number of imide groups is 1. The third kappa shape index (κ3) is 2.31. The number of carbonyl (C=O) groups is 2. The lowest BCUT2D eigenvalue weighted by atomic mass is 9.89. The van der Waals surface area contributed by atoms with Gasteiger partial charge in [-0.05, 0) is 29.8 Å². The van der Waals surface area contributed by atoms with Crippen LogP contribution in [-0.4, -0.2) is 23.0 Å². The Morgan fingerprint density at radius 1 is 0.867 bits per heavy atom. The summed E-state index contributed by atoms with van der Waals surface area (Å²) < 4.78 is 6.20. The van der Waals surface area contributed by atoms with Crippen molar-refractivity contribution < 1.29 is 14.3 Å². The van der Waals surface area contributed by atoms with E-state index in [1.165, 1.54) is 4.90 Å². The zero-order valence-electron chi connectivity index (χ0n) is 16.1. The van der Waals surface area contributed by atoms with Gasteiger partial charge in [0.25, 0.3) is 0 Å². The lowest BCUT2D eigenvalue weighted by Crippen LogP contribution is -2.45. The van der Waals surface area contributed by atoms with Gasteiger partial charge in [0.05, 0.1) is 30.2 Å². The van der Waals surface area contributed by atoms with Crippen LogP contribution in [0.15, 0.2) is 79.1 Å². The summed E-state index contributed by atoms with van der Waals surface area (Å²) in [5.74, 6) is -1.47. The Kier molecular flexibility index (Phi) is 3.76. The Morgan fingerprint density at radius 2 is 1.63 bits per heavy atom. The van der Waals surface area contributed by atoms with Crippen LogP contribution in [0.5, 0.6) is 0 Å². The Bertz CT molecular complexity index is 1130. The number of nitrogens with zero attached hydrogens (tertiary/aromatic N) is 3. The van der Waals surface area contributed by atoms with E-state index in [0.717, 1.165) is 16.8 Å². The second-order valence-electron chi connectivity index (χ2n) is 7.87. The molecule has 4 heterocycles. The number of hydrogen-bond acceptors (Lipinski definition) is 5. The van der Waals surface area contributed by atoms with E-state index in [4.69, 9.17) is 4.74 Å². The summed E-state index contributed by atoms with van der Waals surface area (Å²) in [5, 5.41) is 0. The quantitative estimate of drug-likeness (QED) is 0.621. The zero-order valence-corrected chi connectivity index (χ0v) is 16.1. The van der Waals surface area contributed by atoms with Crippen LogP contribution in [-0.2, 0) is 20.9 Å². The Morgan fingerprint density at radius 3 is 2.43 bits per heavy atom. The average Bonchev–Trinajstić information content (AvgIpc) is 3.28. The van der Waals surface area contributed by atoms with Crippen LogP contribution in [0, 0.1) is 11.8 Å². The summed E-state index contributed by atoms with van der Waals surface area (Å²) in [7, 11) is 0. The molecule has 0 bridgehead atoms. The number of pyridine rings is 1. The molecule has 0 spiro atoms. The van der Waals surface area contributed by atoms with E-state index in [0.29, 0.717) is 12.3 Å². The minimum absolute atomic E-state index is 0.180. The summed E-state index contributed by atoms with van der Waals surface area (Å²) in [4.78, 5) is 34.9. The molecule has 30 heavy (non-hydrogen) atoms. The molecular formula is C24H19N3O3. The maximum atomic E-state index is 13.6. The summed E-state index contributed by atoms with van der Waals surface area (Å²) in [5.41, 5.74) is 3.59. The lowest BCUT2D eigenvalue weighted by Gasteiger charge is -2.39. The van der Waals surface area contributed by atoms with E-state index >= 15 is 0 Å². The third-order valence-electron chi connectivity index (χ3n) is 6.34. The number of aromatic nitrogens is 1. The van der Waals surface area contributed by atoms with Crippen molar-refractivity contribution in [1.29, 1.82) is 0 Å². The zero-order chi connectivity index (χ0) is 20.2. The SMILES string of the molecule is O=C1[C@@H]2[C@H](C(=O)N1c1ccccc1)[C@@H](c1cccnc1)N1c3ccccc3CO[C@@H]21. The molecule has 0 N–H and O–H groups in total. The molecule has 6 heteroatoms. The van der Waals surface area contributed by atoms with Crippen LogP contribution in [0.1, 0.15) is 17.2 Å². The fourth-order valence-corrected chi connectivity index (χ4v) is 5.13. The molecule has 1 aromatic heterocycles. The van der Waals surface area contributed by atoms with Crippen molar-refractivity contribution in [2.75, 3.05) is 9.80 Å². The van der Waals surface area contributed by atoms with E-state index in [2.05, 4.69) is 9.88 Å². The van der Waals surface area contributed by atoms with Gasteiger partial charge in [0.15, 0.2) is 0 Å². The van der Waals surface area contributed by atoms with Crippen LogP contribution in [0.2, 0.25) is 0 Å². The van der Waals surface area contributed by atoms with Gasteiger partial charge in [0.2, 0.25) is 11.8 Å². The lowest BCUT2D eigenvalue weighted by molar-refractivity contribution is -0.125. The van der Waals surface area contributed by atoms with Crippen molar-refractivity contribution in [2.45, 2.75) is 18.9 Å². The molecule has 0 unspecified atom stereocenters. The predicted molar refractivity (Wildman–Crippen MR) is 110 cm³/mol. The monoisotopic (exact) mass is 397 g/mol. The maximum absolute atomic E-state index is 13.6. The number of hydrogen-bond donors (Lipinski definition) is 0. The van der Waals surface area contributed by atoms with E-state index < -0.39 is 18.1 Å². The topological polar surface area (TPSA) is 62.7 Å². The average molecular weight is 397 g/mol. The van der Waals surface area contributed by atoms with E-state index in [1.54, 1.807) is 24.5 Å². The minimum Gasteiger partial charge on any atom is -0.353 e. The summed E-state index contributed by atoms with van der Waals surface area (Å²) in [6, 6.07) is 20.7. The smallest absolute Gasteiger partial charge is 0.242 e. The number of fused-ring (bicyclic) bond motifs is 5. The van der Waals surface area contributed by atoms with E-state index in [-0.39, 0.29) is 17.9 Å². The van der Waals surface area contributed by atoms with Crippen molar-refractivity contribution in [3.63, 3.8) is 0 Å². The molecule has 2 aromatic carbocycles. The van der Waals surface area contributed by atoms with E-state index in [9.17, 15) is 9.59 Å². The largest absolute Gasteiger partial charge is 0.353 e. The van der Waals surface area contributed by atoms with Gasteiger partial charge in [0, 0.05) is 23.6 Å². The summed E-state index contributed by atoms with van der Waals surface area (Å²) in [6.45, 7) is 0.424. The van der Waals surface area contributed by atoms with Gasteiger partial charge in [-0.15, -0.1) is 0 Å². The molecule has 3 aromatic rings. The highest BCUT2D eigenvalue weighted by atomic mass is 16.5. The van der Waals surface area contributed by atoms with Crippen LogP contribution >= 0.6 is 0 Å². The van der Waals surface area contributed by atoms with Crippen molar-refractivity contribution in [3.05, 3.63) is 90.3 Å². The molecule has 4 atom stereocenters. The number of ether oxygens (including phenoxy) is 1. The first kappa shape index (κ1) is 17.4. The summed E-state index contributed by atoms with van der Waals surface area (Å²) >= 11 is 0. The van der Waals surface area contributed by atoms with Gasteiger partial charge >= 0.3 is 0 Å². The Balaban J connectivity index is 1.52. The standard InChI is InChI=1S/C24H19N3O3/c28-22-19-20(23(29)26(22)17-9-2-1-3-10-17)24-27(21(19)15-8-6-12-25-13-15)18-11-5-4-7-16(18)14-30-24/h1-13,19-21,24H,14H2/t19-,20-,21+,24-/m0/s1. The predicted octanol–water partition coefficient (Wildman–Crippen LogP) is 3.31. The highest BCUT2D eigenvalue weighted by molar-refractivity contribution is 6.23. The highest BCUT2D eigenvalue weighted by Gasteiger charge is 2.64. The van der Waals surface area contributed by atoms with Gasteiger partial charge in [-0.3, -0.25) is 14.6 Å². The highest BCUT2D eigenvalue weighted by Crippen LogP contribution is 2.54. The first-order chi connectivity index (χ1) is 14.8. The second kappa shape index (κ2) is 6.50. The molecule has 2 fully saturated rings. The first-order valence-corrected chi connectivity index (χ1v) is 10.1. The molecule has 3 aliphatic heterocycles. The molecule has 0 saturated carbocycles. The fourth-order valence-electron chi connectivity index (χ4n) is 5.13. The third-order valence-corrected chi connectivity index (χ3v) is 6.34. The second-order valence-corrected chi connectivity index (χ2v) is 7.87. The molecule has 6 nitrogen and oxygen atoms in total. The molecule has 0 aliphatic carbocycles.